The Hall–Kier alpha value is -5.82. The molecule has 1 N–H and O–H groups in total. The van der Waals surface area contributed by atoms with Crippen LogP contribution in [0.15, 0.2) is 42.5 Å². The Bertz CT molecular complexity index is 3420. The normalized spacial score (nSPS) is 17.3. The van der Waals surface area contributed by atoms with Crippen molar-refractivity contribution in [2.24, 2.45) is 5.92 Å². The zero-order valence-corrected chi connectivity index (χ0v) is 44.9. The molecule has 1 fully saturated rings. The van der Waals surface area contributed by atoms with Crippen LogP contribution in [0.5, 0.6) is 0 Å². The number of unbranched alkanes of at least 4 members (excludes halogenated alkanes) is 1. The van der Waals surface area contributed by atoms with Gasteiger partial charge in [0.25, 0.3) is 11.8 Å². The average Bonchev–Trinajstić information content (AvgIpc) is 3.81. The van der Waals surface area contributed by atoms with Crippen LogP contribution < -0.4 is 9.62 Å². The number of aromatic nitrogens is 5. The smallest absolute Gasteiger partial charge is 0.346 e. The summed E-state index contributed by atoms with van der Waals surface area (Å²) in [5.74, 6) is -6.89. The minimum Gasteiger partial charge on any atom is -0.346 e. The van der Waals surface area contributed by atoms with Gasteiger partial charge in [-0.15, -0.1) is 0 Å². The maximum Gasteiger partial charge on any atom is 0.435 e. The van der Waals surface area contributed by atoms with Crippen molar-refractivity contribution in [2.45, 2.75) is 100 Å². The van der Waals surface area contributed by atoms with E-state index in [0.717, 1.165) is 30.5 Å². The maximum absolute atomic E-state index is 15.7. The van der Waals surface area contributed by atoms with E-state index in [4.69, 9.17) is 11.6 Å². The second-order valence-electron chi connectivity index (χ2n) is 20.2. The number of rotatable bonds is 18. The lowest BCUT2D eigenvalue weighted by atomic mass is 9.93. The number of alkyl halides is 8. The third-order valence-electron chi connectivity index (χ3n) is 13.3. The quantitative estimate of drug-likeness (QED) is 0.0509. The molecule has 0 saturated heterocycles. The van der Waals surface area contributed by atoms with Crippen LogP contribution in [0, 0.1) is 29.4 Å². The molecule has 5 aromatic rings. The Morgan fingerprint density at radius 2 is 1.55 bits per heavy atom. The van der Waals surface area contributed by atoms with Gasteiger partial charge < -0.3 is 10.2 Å². The molecule has 2 aromatic carbocycles. The predicted octanol–water partition coefficient (Wildman–Crippen LogP) is 8.25. The highest BCUT2D eigenvalue weighted by molar-refractivity contribution is 7.93. The second kappa shape index (κ2) is 21.1. The highest BCUT2D eigenvalue weighted by atomic mass is 35.5. The number of halogens is 11. The molecule has 0 radical (unpaired) electrons. The van der Waals surface area contributed by atoms with Crippen LogP contribution in [0.3, 0.4) is 0 Å². The minimum absolute atomic E-state index is 0.0929. The molecular weight excluding hydrogens is 1100 g/mol. The monoisotopic (exact) mass is 1150 g/mol. The Morgan fingerprint density at radius 1 is 0.909 bits per heavy atom. The van der Waals surface area contributed by atoms with Gasteiger partial charge in [-0.2, -0.15) is 49.6 Å². The summed E-state index contributed by atoms with van der Waals surface area (Å²) in [6.07, 6.45) is -8.68. The highest BCUT2D eigenvalue weighted by Crippen LogP contribution is 2.68. The Balaban J connectivity index is 1.48. The zero-order chi connectivity index (χ0) is 57.3. The van der Waals surface area contributed by atoms with E-state index < -0.39 is 154 Å². The number of likely N-dealkylation sites (N-methyl/N-ethyl adjacent to an activating group) is 1. The number of sulfone groups is 1. The van der Waals surface area contributed by atoms with Crippen molar-refractivity contribution in [3.8, 4) is 23.0 Å². The highest BCUT2D eigenvalue weighted by Gasteiger charge is 2.68. The molecule has 1 saturated carbocycles. The zero-order valence-electron chi connectivity index (χ0n) is 42.5. The Morgan fingerprint density at radius 3 is 2.12 bits per heavy atom. The van der Waals surface area contributed by atoms with Gasteiger partial charge in [0.05, 0.1) is 40.0 Å². The molecule has 7 rings (SSSR count). The largest absolute Gasteiger partial charge is 0.435 e. The fraction of sp³-hybridized carbons (Fsp3) is 0.490. The first kappa shape index (κ1) is 58.9. The van der Waals surface area contributed by atoms with Crippen LogP contribution in [-0.4, -0.2) is 127 Å². The van der Waals surface area contributed by atoms with Crippen LogP contribution in [0.4, 0.5) is 49.7 Å². The number of carbonyl (C=O) groups excluding carboxylic acids is 2. The van der Waals surface area contributed by atoms with E-state index in [0.29, 0.717) is 36.4 Å². The lowest BCUT2D eigenvalue weighted by Gasteiger charge is -2.28. The van der Waals surface area contributed by atoms with Crippen LogP contribution in [0.2, 0.25) is 5.02 Å². The third kappa shape index (κ3) is 12.6. The molecule has 2 aliphatic carbocycles. The molecule has 2 aliphatic rings. The summed E-state index contributed by atoms with van der Waals surface area (Å²) < 4.78 is 200. The number of hydrogen-bond donors (Lipinski definition) is 1. The summed E-state index contributed by atoms with van der Waals surface area (Å²) in [5, 5.41) is 9.04. The maximum atomic E-state index is 15.7. The van der Waals surface area contributed by atoms with Crippen molar-refractivity contribution in [3.05, 3.63) is 93.0 Å². The van der Waals surface area contributed by atoms with Gasteiger partial charge in [0.2, 0.25) is 15.9 Å². The SMILES string of the molecule is CN(C)CCCCC(C(=O)N(c1nn(CC(F)(F)F)c2c(-c3ccc(C#CC(C)(C)S(C)(=O)=O)nc3[C@H](Cc3cc(F)cc(F)c3)NC(=O)Cn3nc(C(F)(F)F)c4c3C(F)(F)[C@@H]3C[C@H]43)ccc(Cl)c12)S(C)(=O)=O)N(C)C. The first-order chi connectivity index (χ1) is 35.4. The van der Waals surface area contributed by atoms with Crippen molar-refractivity contribution in [3.63, 3.8) is 0 Å². The standard InChI is InChI=1S/C49H52ClF10N9O6S2/c1-46(2,76(7,72)73)17-16-29-12-13-30(31-14-15-34(50)39-41(31)68(25-47(53,54)55)64-44(39)69(77(8,74)75)45(71)36(66(5)6)11-9-10-18-65(3)4)40(61-29)35(21-26-19-27(51)22-28(52)20-26)62-37(70)24-67-43-38(42(63-67)49(58,59)60)32-23-33(32)48(43,56)57/h12-15,19-20,22,32-33,35-36H,9-11,18,21,23-25H2,1-8H3,(H,62,70)/t32-,33+,35-,36?/m0/s1. The Labute approximate surface area is 441 Å². The van der Waals surface area contributed by atoms with E-state index in [-0.39, 0.29) is 44.2 Å². The number of anilines is 1. The van der Waals surface area contributed by atoms with Gasteiger partial charge >= 0.3 is 12.4 Å². The molecule has 418 valence electrons. The molecule has 4 atom stereocenters. The first-order valence-electron chi connectivity index (χ1n) is 23.6. The Kier molecular flexibility index (Phi) is 16.1. The second-order valence-corrected chi connectivity index (χ2v) is 25.0. The van der Waals surface area contributed by atoms with Gasteiger partial charge in [0.15, 0.2) is 21.3 Å². The van der Waals surface area contributed by atoms with Crippen molar-refractivity contribution in [1.82, 2.24) is 39.7 Å². The number of nitrogens with zero attached hydrogens (tertiary/aromatic N) is 8. The molecule has 0 bridgehead atoms. The number of carbonyl (C=O) groups is 2. The van der Waals surface area contributed by atoms with Crippen molar-refractivity contribution >= 4 is 60.0 Å². The number of nitrogens with one attached hydrogen (secondary N) is 1. The van der Waals surface area contributed by atoms with E-state index in [1.54, 1.807) is 0 Å². The number of pyridine rings is 1. The third-order valence-corrected chi connectivity index (χ3v) is 16.6. The summed E-state index contributed by atoms with van der Waals surface area (Å²) in [5.41, 5.74) is -5.66. The van der Waals surface area contributed by atoms with Gasteiger partial charge in [-0.25, -0.2) is 30.6 Å². The van der Waals surface area contributed by atoms with Crippen molar-refractivity contribution < 1.29 is 70.3 Å². The summed E-state index contributed by atoms with van der Waals surface area (Å²) >= 11 is 6.79. The molecule has 3 aromatic heterocycles. The van der Waals surface area contributed by atoms with Gasteiger partial charge in [-0.1, -0.05) is 30.0 Å². The van der Waals surface area contributed by atoms with Gasteiger partial charge in [0, 0.05) is 34.9 Å². The number of sulfonamides is 1. The van der Waals surface area contributed by atoms with Crippen LogP contribution in [-0.2, 0) is 61.1 Å². The first-order valence-corrected chi connectivity index (χ1v) is 27.7. The summed E-state index contributed by atoms with van der Waals surface area (Å²) in [6.45, 7) is -0.118. The fourth-order valence-electron chi connectivity index (χ4n) is 9.33. The molecule has 77 heavy (non-hydrogen) atoms. The minimum atomic E-state index is -5.22. The van der Waals surface area contributed by atoms with Gasteiger partial charge in [-0.05, 0) is 122 Å². The van der Waals surface area contributed by atoms with E-state index in [2.05, 4.69) is 32.3 Å². The van der Waals surface area contributed by atoms with E-state index >= 15 is 8.78 Å². The number of benzene rings is 2. The van der Waals surface area contributed by atoms with Crippen LogP contribution in [0.1, 0.15) is 85.4 Å². The molecule has 2 amide bonds. The molecule has 0 spiro atoms. The van der Waals surface area contributed by atoms with Crippen molar-refractivity contribution in [2.75, 3.05) is 51.6 Å². The molecule has 15 nitrogen and oxygen atoms in total. The van der Waals surface area contributed by atoms with E-state index in [9.17, 15) is 61.5 Å². The number of amides is 2. The predicted molar refractivity (Wildman–Crippen MR) is 265 cm³/mol. The summed E-state index contributed by atoms with van der Waals surface area (Å²) in [6, 6.07) is 3.85. The van der Waals surface area contributed by atoms with Crippen LogP contribution >= 0.6 is 11.6 Å². The van der Waals surface area contributed by atoms with Crippen LogP contribution in [0.25, 0.3) is 22.0 Å². The molecule has 0 aliphatic heterocycles. The molecule has 28 heteroatoms. The lowest BCUT2D eigenvalue weighted by Crippen LogP contribution is -2.48. The summed E-state index contributed by atoms with van der Waals surface area (Å²) in [4.78, 5) is 36.8. The molecular formula is C49H52ClF10N9O6S2. The average molecular weight is 1150 g/mol. The number of hydrogen-bond acceptors (Lipinski definition) is 11. The molecule has 3 heterocycles. The van der Waals surface area contributed by atoms with Gasteiger partial charge in [0.1, 0.15) is 40.9 Å². The number of fused-ring (bicyclic) bond motifs is 4. The van der Waals surface area contributed by atoms with Gasteiger partial charge in [-0.3, -0.25) is 23.9 Å². The topological polar surface area (TPSA) is 173 Å². The summed E-state index contributed by atoms with van der Waals surface area (Å²) in [7, 11) is -2.04. The fourth-order valence-corrected chi connectivity index (χ4v) is 10.7. The van der Waals surface area contributed by atoms with E-state index in [1.165, 1.54) is 45.0 Å². The molecule has 1 unspecified atom stereocenters. The van der Waals surface area contributed by atoms with Crippen molar-refractivity contribution in [1.29, 1.82) is 0 Å². The van der Waals surface area contributed by atoms with E-state index in [1.807, 2.05) is 19.0 Å². The lowest BCUT2D eigenvalue weighted by molar-refractivity contribution is -0.143.